The van der Waals surface area contributed by atoms with Gasteiger partial charge in [0.2, 0.25) is 0 Å². The molecule has 0 radical (unpaired) electrons. The van der Waals surface area contributed by atoms with Gasteiger partial charge in [-0.25, -0.2) is 4.98 Å². The third-order valence-electron chi connectivity index (χ3n) is 16.6. The Labute approximate surface area is 538 Å². The van der Waals surface area contributed by atoms with E-state index in [1.54, 1.807) is 0 Å². The number of hydrogen-bond acceptors (Lipinski definition) is 6. The fraction of sp³-hybridized carbons (Fsp3) is 0. The topological polar surface area (TPSA) is 94.1 Å². The van der Waals surface area contributed by atoms with Crippen molar-refractivity contribution in [3.05, 3.63) is 376 Å². The molecule has 0 fully saturated rings. The molecule has 0 saturated carbocycles. The Bertz CT molecular complexity index is 4170. The highest BCUT2D eigenvalue weighted by atomic mass is 31.2. The summed E-state index contributed by atoms with van der Waals surface area (Å²) in [7, 11) is -12.2. The molecule has 444 valence electrons. The first-order valence-electron chi connectivity index (χ1n) is 30.4. The van der Waals surface area contributed by atoms with Crippen molar-refractivity contribution >= 4 is 92.2 Å². The van der Waals surface area contributed by atoms with Gasteiger partial charge in [-0.2, -0.15) is 0 Å². The standard InChI is InChI=1S/2C41H31NO2P2/c43-45(34-14-5-1-6-15-34,35-16-7-2-8-17-35)38-28-24-32(25-29-38)40-22-13-23-41(42-40)33-26-30-39(31-27-33)46(44,36-18-9-3-10-19-36)37-20-11-4-12-21-37;43-45(35-13-5-1-6-14-35,36-15-7-2-8-16-36)39-25-21-32(22-26-39)34-29-30-42-41(31-34)33-23-27-40(28-24-33)46(44,37-17-9-3-10-18-37)38-19-11-4-12-20-38/h2*1-31H. The van der Waals surface area contributed by atoms with Crippen LogP contribution in [0.25, 0.3) is 44.9 Å². The van der Waals surface area contributed by atoms with Crippen molar-refractivity contribution < 1.29 is 18.3 Å². The normalized spacial score (nSPS) is 11.7. The van der Waals surface area contributed by atoms with Crippen molar-refractivity contribution in [2.45, 2.75) is 0 Å². The van der Waals surface area contributed by atoms with Crippen LogP contribution >= 0.6 is 28.6 Å². The molecule has 0 aliphatic heterocycles. The molecule has 0 spiro atoms. The fourth-order valence-electron chi connectivity index (χ4n) is 11.8. The minimum absolute atomic E-state index is 0.779. The van der Waals surface area contributed by atoms with Crippen LogP contribution in [-0.2, 0) is 18.3 Å². The summed E-state index contributed by atoms with van der Waals surface area (Å²) in [5, 5.41) is 9.60. The van der Waals surface area contributed by atoms with Crippen molar-refractivity contribution in [3.63, 3.8) is 0 Å². The van der Waals surface area contributed by atoms with Crippen LogP contribution in [0, 0.1) is 0 Å². The van der Waals surface area contributed by atoms with Gasteiger partial charge in [0.05, 0.1) is 17.1 Å². The van der Waals surface area contributed by atoms with Crippen LogP contribution in [0.15, 0.2) is 376 Å². The zero-order chi connectivity index (χ0) is 62.8. The Morgan fingerprint density at radius 1 is 0.174 bits per heavy atom. The Morgan fingerprint density at radius 2 is 0.380 bits per heavy atom. The highest BCUT2D eigenvalue weighted by Crippen LogP contribution is 2.46. The summed E-state index contributed by atoms with van der Waals surface area (Å²) >= 11 is 0. The lowest BCUT2D eigenvalue weighted by Gasteiger charge is -2.20. The van der Waals surface area contributed by atoms with E-state index in [-0.39, 0.29) is 0 Å². The van der Waals surface area contributed by atoms with Gasteiger partial charge in [-0.1, -0.05) is 346 Å². The van der Waals surface area contributed by atoms with Crippen LogP contribution in [0.3, 0.4) is 0 Å². The summed E-state index contributed by atoms with van der Waals surface area (Å²) < 4.78 is 59.0. The Hall–Kier alpha value is -10.1. The van der Waals surface area contributed by atoms with Crippen molar-refractivity contribution in [3.8, 4) is 44.9 Å². The molecule has 0 aliphatic carbocycles. The van der Waals surface area contributed by atoms with Gasteiger partial charge in [-0.05, 0) is 35.4 Å². The molecule has 0 bridgehead atoms. The minimum atomic E-state index is -3.05. The summed E-state index contributed by atoms with van der Waals surface area (Å²) in [5.74, 6) is 0. The van der Waals surface area contributed by atoms with Crippen LogP contribution in [0.4, 0.5) is 0 Å². The quantitative estimate of drug-likeness (QED) is 0.0895. The average Bonchev–Trinajstić information content (AvgIpc) is 1.09. The number of rotatable bonds is 16. The molecule has 0 saturated heterocycles. The second-order valence-corrected chi connectivity index (χ2v) is 33.2. The van der Waals surface area contributed by atoms with Crippen LogP contribution in [0.2, 0.25) is 0 Å². The molecule has 0 amide bonds. The zero-order valence-electron chi connectivity index (χ0n) is 50.1. The molecule has 12 aromatic carbocycles. The van der Waals surface area contributed by atoms with E-state index in [9.17, 15) is 18.3 Å². The summed E-state index contributed by atoms with van der Waals surface area (Å²) in [6.07, 6.45) is 1.81. The molecule has 2 aromatic heterocycles. The number of hydrogen-bond donors (Lipinski definition) is 0. The van der Waals surface area contributed by atoms with Crippen LogP contribution < -0.4 is 63.7 Å². The fourth-order valence-corrected chi connectivity index (χ4v) is 22.4. The van der Waals surface area contributed by atoms with Crippen molar-refractivity contribution in [1.82, 2.24) is 9.97 Å². The molecule has 14 rings (SSSR count). The summed E-state index contributed by atoms with van der Waals surface area (Å²) in [6.45, 7) is 0. The van der Waals surface area contributed by atoms with Crippen molar-refractivity contribution in [1.29, 1.82) is 0 Å². The van der Waals surface area contributed by atoms with E-state index in [1.165, 1.54) is 0 Å². The van der Waals surface area contributed by atoms with Crippen LogP contribution in [-0.4, -0.2) is 9.97 Å². The number of pyridine rings is 2. The molecule has 0 atom stereocenters. The van der Waals surface area contributed by atoms with Gasteiger partial charge < -0.3 is 18.3 Å². The molecule has 0 N–H and O–H groups in total. The monoisotopic (exact) mass is 1260 g/mol. The third kappa shape index (κ3) is 12.2. The molecule has 0 unspecified atom stereocenters. The molecular weight excluding hydrogens is 1200 g/mol. The van der Waals surface area contributed by atoms with Gasteiger partial charge in [-0.3, -0.25) is 4.98 Å². The lowest BCUT2D eigenvalue weighted by molar-refractivity contribution is 0.591. The lowest BCUT2D eigenvalue weighted by atomic mass is 10.0. The smallest absolute Gasteiger partial charge is 0.171 e. The second kappa shape index (κ2) is 27.1. The van der Waals surface area contributed by atoms with E-state index in [0.717, 1.165) is 109 Å². The first kappa shape index (κ1) is 60.8. The van der Waals surface area contributed by atoms with Crippen molar-refractivity contribution in [2.24, 2.45) is 0 Å². The van der Waals surface area contributed by atoms with E-state index in [1.807, 2.05) is 370 Å². The SMILES string of the molecule is O=P(c1ccccc1)(c1ccccc1)c1ccc(-c2cccc(-c3ccc(P(=O)(c4ccccc4)c4ccccc4)cc3)n2)cc1.O=P(c1ccccc1)(c1ccccc1)c1ccc(-c2ccnc(-c3ccc(P(=O)(c4ccccc4)c4ccccc4)cc3)c2)cc1. The zero-order valence-corrected chi connectivity index (χ0v) is 53.7. The van der Waals surface area contributed by atoms with E-state index in [0.29, 0.717) is 0 Å². The van der Waals surface area contributed by atoms with Crippen molar-refractivity contribution in [2.75, 3.05) is 0 Å². The largest absolute Gasteiger partial charge is 0.309 e. The van der Waals surface area contributed by atoms with Crippen LogP contribution in [0.5, 0.6) is 0 Å². The van der Waals surface area contributed by atoms with Gasteiger partial charge in [0.15, 0.2) is 28.6 Å². The predicted octanol–water partition coefficient (Wildman–Crippen LogP) is 15.4. The molecule has 0 aliphatic rings. The summed E-state index contributed by atoms with van der Waals surface area (Å²) in [4.78, 5) is 9.66. The van der Waals surface area contributed by atoms with Gasteiger partial charge in [0.1, 0.15) is 0 Å². The first-order chi connectivity index (χ1) is 45.1. The minimum Gasteiger partial charge on any atom is -0.309 e. The van der Waals surface area contributed by atoms with E-state index < -0.39 is 28.6 Å². The maximum atomic E-state index is 14.8. The molecule has 6 nitrogen and oxygen atoms in total. The van der Waals surface area contributed by atoms with E-state index >= 15 is 0 Å². The van der Waals surface area contributed by atoms with Crippen LogP contribution in [0.1, 0.15) is 0 Å². The maximum absolute atomic E-state index is 14.8. The summed E-state index contributed by atoms with van der Waals surface area (Å²) in [5.41, 5.74) is 7.29. The highest BCUT2D eigenvalue weighted by molar-refractivity contribution is 7.86. The molecular formula is C82H62N2O4P4. The van der Waals surface area contributed by atoms with Gasteiger partial charge >= 0.3 is 0 Å². The van der Waals surface area contributed by atoms with E-state index in [2.05, 4.69) is 11.1 Å². The number of nitrogens with zero attached hydrogens (tertiary/aromatic N) is 2. The molecule has 2 heterocycles. The second-order valence-electron chi connectivity index (χ2n) is 22.1. The number of aromatic nitrogens is 2. The lowest BCUT2D eigenvalue weighted by Crippen LogP contribution is -2.24. The Balaban J connectivity index is 0.000000168. The highest BCUT2D eigenvalue weighted by Gasteiger charge is 2.33. The average molecular weight is 1260 g/mol. The maximum Gasteiger partial charge on any atom is 0.171 e. The molecule has 10 heteroatoms. The van der Waals surface area contributed by atoms with Gasteiger partial charge in [-0.15, -0.1) is 0 Å². The Kier molecular flexibility index (Phi) is 17.9. The van der Waals surface area contributed by atoms with E-state index in [4.69, 9.17) is 4.98 Å². The number of benzene rings is 12. The molecule has 14 aromatic rings. The first-order valence-corrected chi connectivity index (χ1v) is 37.2. The van der Waals surface area contributed by atoms with Gasteiger partial charge in [0, 0.05) is 86.5 Å². The predicted molar refractivity (Wildman–Crippen MR) is 388 cm³/mol. The van der Waals surface area contributed by atoms with Gasteiger partial charge in [0.25, 0.3) is 0 Å². The molecule has 92 heavy (non-hydrogen) atoms. The third-order valence-corrected chi connectivity index (χ3v) is 28.9. The summed E-state index contributed by atoms with van der Waals surface area (Å²) in [6, 6.07) is 119. The Morgan fingerprint density at radius 3 is 0.620 bits per heavy atom.